The van der Waals surface area contributed by atoms with E-state index in [1.807, 2.05) is 41.8 Å². The third kappa shape index (κ3) is 2.73. The number of hydrogen-bond acceptors (Lipinski definition) is 4. The fourth-order valence-electron chi connectivity index (χ4n) is 2.09. The van der Waals surface area contributed by atoms with Crippen LogP contribution in [0.3, 0.4) is 0 Å². The van der Waals surface area contributed by atoms with Crippen LogP contribution >= 0.6 is 22.9 Å². The molecule has 0 spiro atoms. The molecule has 0 aliphatic carbocycles. The van der Waals surface area contributed by atoms with Gasteiger partial charge in [0.25, 0.3) is 0 Å². The lowest BCUT2D eigenvalue weighted by Crippen LogP contribution is -1.90. The van der Waals surface area contributed by atoms with Gasteiger partial charge >= 0.3 is 0 Å². The SMILES string of the molecule is COc1cc(Cl)ccc1-c1nc(-c2ccccc2N)cs1. The minimum atomic E-state index is 0.639. The Labute approximate surface area is 132 Å². The van der Waals surface area contributed by atoms with Gasteiger partial charge in [-0.25, -0.2) is 4.98 Å². The number of nitrogens with zero attached hydrogens (tertiary/aromatic N) is 1. The van der Waals surface area contributed by atoms with Crippen LogP contribution < -0.4 is 10.5 Å². The highest BCUT2D eigenvalue weighted by atomic mass is 35.5. The number of ether oxygens (including phenoxy) is 1. The van der Waals surface area contributed by atoms with E-state index in [9.17, 15) is 0 Å². The molecule has 0 bridgehead atoms. The van der Waals surface area contributed by atoms with Gasteiger partial charge in [-0.2, -0.15) is 0 Å². The van der Waals surface area contributed by atoms with Gasteiger partial charge in [0.15, 0.2) is 0 Å². The maximum atomic E-state index is 6.00. The van der Waals surface area contributed by atoms with Crippen molar-refractivity contribution in [1.29, 1.82) is 0 Å². The van der Waals surface area contributed by atoms with Gasteiger partial charge in [0.2, 0.25) is 0 Å². The molecule has 0 fully saturated rings. The van der Waals surface area contributed by atoms with Crippen molar-refractivity contribution in [1.82, 2.24) is 4.98 Å². The topological polar surface area (TPSA) is 48.1 Å². The van der Waals surface area contributed by atoms with Gasteiger partial charge in [0, 0.05) is 21.7 Å². The highest BCUT2D eigenvalue weighted by Crippen LogP contribution is 2.37. The molecule has 3 aromatic rings. The Morgan fingerprint density at radius 3 is 2.71 bits per heavy atom. The van der Waals surface area contributed by atoms with Crippen LogP contribution in [0.2, 0.25) is 5.02 Å². The van der Waals surface area contributed by atoms with Crippen LogP contribution in [-0.4, -0.2) is 12.1 Å². The number of aromatic nitrogens is 1. The molecule has 0 aliphatic rings. The van der Waals surface area contributed by atoms with Crippen molar-refractivity contribution in [3.05, 3.63) is 52.9 Å². The number of benzene rings is 2. The molecule has 0 saturated heterocycles. The van der Waals surface area contributed by atoms with E-state index in [0.717, 1.165) is 27.5 Å². The van der Waals surface area contributed by atoms with E-state index in [4.69, 9.17) is 22.1 Å². The summed E-state index contributed by atoms with van der Waals surface area (Å²) in [6, 6.07) is 13.2. The Morgan fingerprint density at radius 2 is 1.95 bits per heavy atom. The van der Waals surface area contributed by atoms with E-state index >= 15 is 0 Å². The Hall–Kier alpha value is -2.04. The van der Waals surface area contributed by atoms with Gasteiger partial charge < -0.3 is 10.5 Å². The van der Waals surface area contributed by atoms with Gasteiger partial charge in [-0.15, -0.1) is 11.3 Å². The molecule has 3 nitrogen and oxygen atoms in total. The first-order valence-corrected chi connectivity index (χ1v) is 7.59. The highest BCUT2D eigenvalue weighted by Gasteiger charge is 2.12. The highest BCUT2D eigenvalue weighted by molar-refractivity contribution is 7.13. The number of nitrogens with two attached hydrogens (primary N) is 1. The molecular weight excluding hydrogens is 304 g/mol. The molecule has 2 N–H and O–H groups in total. The predicted octanol–water partition coefficient (Wildman–Crippen LogP) is 4.72. The first-order chi connectivity index (χ1) is 10.2. The Kier molecular flexibility index (Phi) is 3.82. The van der Waals surface area contributed by atoms with Crippen LogP contribution in [-0.2, 0) is 0 Å². The number of anilines is 1. The molecule has 5 heteroatoms. The number of methoxy groups -OCH3 is 1. The number of hydrogen-bond donors (Lipinski definition) is 1. The standard InChI is InChI=1S/C16H13ClN2OS/c1-20-15-8-10(17)6-7-12(15)16-19-14(9-21-16)11-4-2-3-5-13(11)18/h2-9H,18H2,1H3. The van der Waals surface area contributed by atoms with Gasteiger partial charge in [-0.3, -0.25) is 0 Å². The van der Waals surface area contributed by atoms with E-state index in [2.05, 4.69) is 4.98 Å². The average molecular weight is 317 g/mol. The number of para-hydroxylation sites is 1. The molecule has 1 heterocycles. The van der Waals surface area contributed by atoms with Gasteiger partial charge in [0.1, 0.15) is 10.8 Å². The number of thiazole rings is 1. The first kappa shape index (κ1) is 13.9. The third-order valence-corrected chi connectivity index (χ3v) is 4.25. The molecule has 2 aromatic carbocycles. The minimum Gasteiger partial charge on any atom is -0.496 e. The lowest BCUT2D eigenvalue weighted by molar-refractivity contribution is 0.416. The number of nitrogen functional groups attached to an aromatic ring is 1. The molecule has 0 unspecified atom stereocenters. The van der Waals surface area contributed by atoms with Crippen molar-refractivity contribution in [2.75, 3.05) is 12.8 Å². The van der Waals surface area contributed by atoms with Crippen molar-refractivity contribution >= 4 is 28.6 Å². The van der Waals surface area contributed by atoms with E-state index in [-0.39, 0.29) is 0 Å². The van der Waals surface area contributed by atoms with Crippen molar-refractivity contribution in [3.63, 3.8) is 0 Å². The fourth-order valence-corrected chi connectivity index (χ4v) is 3.10. The van der Waals surface area contributed by atoms with E-state index in [0.29, 0.717) is 10.8 Å². The fraction of sp³-hybridized carbons (Fsp3) is 0.0625. The van der Waals surface area contributed by atoms with Crippen LogP contribution in [0.4, 0.5) is 5.69 Å². The Balaban J connectivity index is 2.05. The van der Waals surface area contributed by atoms with Crippen LogP contribution in [0.25, 0.3) is 21.8 Å². The van der Waals surface area contributed by atoms with E-state index < -0.39 is 0 Å². The Morgan fingerprint density at radius 1 is 1.14 bits per heavy atom. The van der Waals surface area contributed by atoms with Crippen LogP contribution in [0, 0.1) is 0 Å². The summed E-state index contributed by atoms with van der Waals surface area (Å²) in [6.07, 6.45) is 0. The smallest absolute Gasteiger partial charge is 0.130 e. The molecule has 106 valence electrons. The van der Waals surface area contributed by atoms with Gasteiger partial charge in [-0.05, 0) is 24.3 Å². The average Bonchev–Trinajstić information content (AvgIpc) is 2.97. The van der Waals surface area contributed by atoms with Crippen molar-refractivity contribution in [3.8, 4) is 27.6 Å². The zero-order valence-electron chi connectivity index (χ0n) is 11.3. The van der Waals surface area contributed by atoms with Gasteiger partial charge in [-0.1, -0.05) is 29.8 Å². The summed E-state index contributed by atoms with van der Waals surface area (Å²) in [6.45, 7) is 0. The summed E-state index contributed by atoms with van der Waals surface area (Å²) >= 11 is 7.54. The number of rotatable bonds is 3. The maximum Gasteiger partial charge on any atom is 0.130 e. The summed E-state index contributed by atoms with van der Waals surface area (Å²) in [7, 11) is 1.62. The maximum absolute atomic E-state index is 6.00. The monoisotopic (exact) mass is 316 g/mol. The molecule has 1 aromatic heterocycles. The number of halogens is 1. The molecular formula is C16H13ClN2OS. The van der Waals surface area contributed by atoms with Crippen LogP contribution in [0.1, 0.15) is 0 Å². The van der Waals surface area contributed by atoms with Crippen molar-refractivity contribution < 1.29 is 4.74 Å². The lowest BCUT2D eigenvalue weighted by Gasteiger charge is -2.06. The molecule has 0 radical (unpaired) electrons. The molecule has 0 atom stereocenters. The predicted molar refractivity (Wildman–Crippen MR) is 89.0 cm³/mol. The molecule has 0 amide bonds. The van der Waals surface area contributed by atoms with Crippen LogP contribution in [0.15, 0.2) is 47.8 Å². The normalized spacial score (nSPS) is 10.6. The quantitative estimate of drug-likeness (QED) is 0.711. The molecule has 0 saturated carbocycles. The summed E-state index contributed by atoms with van der Waals surface area (Å²) in [5, 5.41) is 3.51. The summed E-state index contributed by atoms with van der Waals surface area (Å²) in [4.78, 5) is 4.67. The molecule has 3 rings (SSSR count). The second-order valence-corrected chi connectivity index (χ2v) is 5.76. The second-order valence-electron chi connectivity index (χ2n) is 4.47. The Bertz CT molecular complexity index is 785. The van der Waals surface area contributed by atoms with Crippen molar-refractivity contribution in [2.45, 2.75) is 0 Å². The second kappa shape index (κ2) is 5.76. The van der Waals surface area contributed by atoms with Crippen molar-refractivity contribution in [2.24, 2.45) is 0 Å². The lowest BCUT2D eigenvalue weighted by atomic mass is 10.1. The summed E-state index contributed by atoms with van der Waals surface area (Å²) in [5.41, 5.74) is 9.45. The summed E-state index contributed by atoms with van der Waals surface area (Å²) in [5.74, 6) is 0.712. The minimum absolute atomic E-state index is 0.639. The van der Waals surface area contributed by atoms with Crippen LogP contribution in [0.5, 0.6) is 5.75 Å². The molecule has 21 heavy (non-hydrogen) atoms. The summed E-state index contributed by atoms with van der Waals surface area (Å²) < 4.78 is 5.38. The van der Waals surface area contributed by atoms with Gasteiger partial charge in [0.05, 0.1) is 18.4 Å². The largest absolute Gasteiger partial charge is 0.496 e. The third-order valence-electron chi connectivity index (χ3n) is 3.13. The van der Waals surface area contributed by atoms with E-state index in [1.165, 1.54) is 0 Å². The van der Waals surface area contributed by atoms with E-state index in [1.54, 1.807) is 24.5 Å². The first-order valence-electron chi connectivity index (χ1n) is 6.33. The molecule has 0 aliphatic heterocycles. The zero-order valence-corrected chi connectivity index (χ0v) is 12.9. The zero-order chi connectivity index (χ0) is 14.8.